The first kappa shape index (κ1) is 15.2. The number of piperidine rings is 1. The van der Waals surface area contributed by atoms with Gasteiger partial charge in [0.2, 0.25) is 0 Å². The summed E-state index contributed by atoms with van der Waals surface area (Å²) in [7, 11) is 0. The summed E-state index contributed by atoms with van der Waals surface area (Å²) in [6.07, 6.45) is 5.12. The van der Waals surface area contributed by atoms with E-state index < -0.39 is 0 Å². The number of carbonyl (C=O) groups is 1. The fraction of sp³-hybridized carbons (Fsp3) is 0.412. The molecular formula is C17H20N2O2S. The molecule has 0 radical (unpaired) electrons. The lowest BCUT2D eigenvalue weighted by Crippen LogP contribution is -2.37. The molecule has 1 fully saturated rings. The molecule has 0 bridgehead atoms. The highest BCUT2D eigenvalue weighted by Crippen LogP contribution is 2.18. The van der Waals surface area contributed by atoms with Crippen molar-refractivity contribution >= 4 is 17.3 Å². The van der Waals surface area contributed by atoms with Gasteiger partial charge in [-0.1, -0.05) is 0 Å². The minimum atomic E-state index is -0.257. The second-order valence-corrected chi connectivity index (χ2v) is 6.54. The number of likely N-dealkylation sites (tertiary alicyclic amines) is 1. The quantitative estimate of drug-likeness (QED) is 0.812. The van der Waals surface area contributed by atoms with Crippen LogP contribution in [0.2, 0.25) is 0 Å². The van der Waals surface area contributed by atoms with Crippen LogP contribution in [0.5, 0.6) is 0 Å². The van der Waals surface area contributed by atoms with E-state index in [1.807, 2.05) is 13.0 Å². The topological polar surface area (TPSA) is 42.4 Å². The molecule has 0 unspecified atom stereocenters. The number of carbonyl (C=O) groups excluding carboxylic acids is 1. The molecule has 5 heteroatoms. The molecule has 2 aromatic heterocycles. The van der Waals surface area contributed by atoms with Crippen LogP contribution in [0.3, 0.4) is 0 Å². The molecule has 116 valence electrons. The van der Waals surface area contributed by atoms with Gasteiger partial charge in [0.05, 0.1) is 5.56 Å². The van der Waals surface area contributed by atoms with E-state index in [1.54, 1.807) is 23.7 Å². The third-order valence-electron chi connectivity index (χ3n) is 3.91. The van der Waals surface area contributed by atoms with Crippen molar-refractivity contribution < 1.29 is 9.53 Å². The molecule has 0 saturated carbocycles. The molecular weight excluding hydrogens is 296 g/mol. The number of thiophene rings is 1. The second kappa shape index (κ2) is 7.03. The number of hydrogen-bond acceptors (Lipinski definition) is 5. The van der Waals surface area contributed by atoms with Gasteiger partial charge in [0.15, 0.2) is 0 Å². The standard InChI is InChI=1S/C17H20N2O2S/c1-13-8-15(10-18-9-13)17(20)21-16-2-5-19(6-3-16)11-14-4-7-22-12-14/h4,7-10,12,16H,2-3,5-6,11H2,1H3. The van der Waals surface area contributed by atoms with Gasteiger partial charge in [-0.3, -0.25) is 9.88 Å². The van der Waals surface area contributed by atoms with Gasteiger partial charge < -0.3 is 4.74 Å². The molecule has 2 aromatic rings. The number of aryl methyl sites for hydroxylation is 1. The maximum absolute atomic E-state index is 12.1. The number of hydrogen-bond donors (Lipinski definition) is 0. The summed E-state index contributed by atoms with van der Waals surface area (Å²) in [6.45, 7) is 4.86. The van der Waals surface area contributed by atoms with Gasteiger partial charge in [0.1, 0.15) is 6.10 Å². The number of nitrogens with zero attached hydrogens (tertiary/aromatic N) is 2. The summed E-state index contributed by atoms with van der Waals surface area (Å²) in [6, 6.07) is 3.99. The summed E-state index contributed by atoms with van der Waals surface area (Å²) < 4.78 is 5.61. The van der Waals surface area contributed by atoms with Crippen molar-refractivity contribution in [3.8, 4) is 0 Å². The SMILES string of the molecule is Cc1cncc(C(=O)OC2CCN(Cc3ccsc3)CC2)c1. The maximum atomic E-state index is 12.1. The fourth-order valence-corrected chi connectivity index (χ4v) is 3.37. The Bertz CT molecular complexity index is 619. The zero-order chi connectivity index (χ0) is 15.4. The molecule has 3 heterocycles. The van der Waals surface area contributed by atoms with Gasteiger partial charge in [0.25, 0.3) is 0 Å². The van der Waals surface area contributed by atoms with E-state index in [0.717, 1.165) is 38.0 Å². The van der Waals surface area contributed by atoms with Crippen molar-refractivity contribution in [2.24, 2.45) is 0 Å². The molecule has 1 saturated heterocycles. The Balaban J connectivity index is 1.48. The summed E-state index contributed by atoms with van der Waals surface area (Å²) in [5.74, 6) is -0.257. The maximum Gasteiger partial charge on any atom is 0.339 e. The second-order valence-electron chi connectivity index (χ2n) is 5.76. The van der Waals surface area contributed by atoms with Crippen molar-refractivity contribution in [1.29, 1.82) is 0 Å². The summed E-state index contributed by atoms with van der Waals surface area (Å²) in [5.41, 5.74) is 2.88. The lowest BCUT2D eigenvalue weighted by atomic mass is 10.1. The Labute approximate surface area is 134 Å². The van der Waals surface area contributed by atoms with Crippen LogP contribution in [0.25, 0.3) is 0 Å². The van der Waals surface area contributed by atoms with E-state index in [0.29, 0.717) is 5.56 Å². The van der Waals surface area contributed by atoms with Crippen molar-refractivity contribution in [1.82, 2.24) is 9.88 Å². The Morgan fingerprint density at radius 2 is 2.23 bits per heavy atom. The smallest absolute Gasteiger partial charge is 0.339 e. The van der Waals surface area contributed by atoms with Gasteiger partial charge >= 0.3 is 5.97 Å². The van der Waals surface area contributed by atoms with Crippen LogP contribution in [0.1, 0.15) is 34.3 Å². The predicted octanol–water partition coefficient (Wildman–Crippen LogP) is 3.27. The molecule has 4 nitrogen and oxygen atoms in total. The molecule has 0 aliphatic carbocycles. The third kappa shape index (κ3) is 3.93. The summed E-state index contributed by atoms with van der Waals surface area (Å²) >= 11 is 1.73. The van der Waals surface area contributed by atoms with Crippen LogP contribution in [0.4, 0.5) is 0 Å². The number of ether oxygens (including phenoxy) is 1. The largest absolute Gasteiger partial charge is 0.459 e. The molecule has 0 N–H and O–H groups in total. The Hall–Kier alpha value is -1.72. The van der Waals surface area contributed by atoms with Gasteiger partial charge in [-0.2, -0.15) is 11.3 Å². The van der Waals surface area contributed by atoms with E-state index in [1.165, 1.54) is 5.56 Å². The van der Waals surface area contributed by atoms with E-state index in [4.69, 9.17) is 4.74 Å². The van der Waals surface area contributed by atoms with Crippen LogP contribution in [0, 0.1) is 6.92 Å². The third-order valence-corrected chi connectivity index (χ3v) is 4.64. The molecule has 0 atom stereocenters. The summed E-state index contributed by atoms with van der Waals surface area (Å²) in [4.78, 5) is 18.6. The summed E-state index contributed by atoms with van der Waals surface area (Å²) in [5, 5.41) is 4.30. The highest BCUT2D eigenvalue weighted by atomic mass is 32.1. The molecule has 0 amide bonds. The van der Waals surface area contributed by atoms with Crippen LogP contribution in [-0.4, -0.2) is 35.0 Å². The van der Waals surface area contributed by atoms with Gasteiger partial charge in [-0.05, 0) is 53.8 Å². The Kier molecular flexibility index (Phi) is 4.85. The highest BCUT2D eigenvalue weighted by molar-refractivity contribution is 7.07. The average molecular weight is 316 g/mol. The predicted molar refractivity (Wildman–Crippen MR) is 87.0 cm³/mol. The lowest BCUT2D eigenvalue weighted by molar-refractivity contribution is 0.0104. The molecule has 1 aliphatic heterocycles. The van der Waals surface area contributed by atoms with Gasteiger partial charge in [-0.15, -0.1) is 0 Å². The Morgan fingerprint density at radius 1 is 1.41 bits per heavy atom. The number of pyridine rings is 1. The number of rotatable bonds is 4. The van der Waals surface area contributed by atoms with Crippen LogP contribution in [0.15, 0.2) is 35.3 Å². The first-order valence-corrected chi connectivity index (χ1v) is 8.51. The monoisotopic (exact) mass is 316 g/mol. The van der Waals surface area contributed by atoms with Crippen LogP contribution in [-0.2, 0) is 11.3 Å². The zero-order valence-corrected chi connectivity index (χ0v) is 13.5. The fourth-order valence-electron chi connectivity index (χ4n) is 2.71. The van der Waals surface area contributed by atoms with Crippen molar-refractivity contribution in [3.05, 3.63) is 52.0 Å². The zero-order valence-electron chi connectivity index (χ0n) is 12.7. The molecule has 0 spiro atoms. The van der Waals surface area contributed by atoms with Crippen molar-refractivity contribution in [2.75, 3.05) is 13.1 Å². The number of aromatic nitrogens is 1. The average Bonchev–Trinajstić information content (AvgIpc) is 3.02. The molecule has 22 heavy (non-hydrogen) atoms. The van der Waals surface area contributed by atoms with E-state index >= 15 is 0 Å². The van der Waals surface area contributed by atoms with Gasteiger partial charge in [-0.25, -0.2) is 4.79 Å². The minimum Gasteiger partial charge on any atom is -0.459 e. The van der Waals surface area contributed by atoms with Crippen molar-refractivity contribution in [3.63, 3.8) is 0 Å². The molecule has 0 aromatic carbocycles. The van der Waals surface area contributed by atoms with E-state index in [-0.39, 0.29) is 12.1 Å². The highest BCUT2D eigenvalue weighted by Gasteiger charge is 2.23. The number of esters is 1. The van der Waals surface area contributed by atoms with Crippen LogP contribution < -0.4 is 0 Å². The van der Waals surface area contributed by atoms with Crippen LogP contribution >= 0.6 is 11.3 Å². The molecule has 1 aliphatic rings. The molecule has 3 rings (SSSR count). The minimum absolute atomic E-state index is 0.0201. The van der Waals surface area contributed by atoms with Crippen molar-refractivity contribution in [2.45, 2.75) is 32.4 Å². The lowest BCUT2D eigenvalue weighted by Gasteiger charge is -2.31. The van der Waals surface area contributed by atoms with E-state index in [9.17, 15) is 4.79 Å². The van der Waals surface area contributed by atoms with Gasteiger partial charge in [0, 0.05) is 32.0 Å². The van der Waals surface area contributed by atoms with E-state index in [2.05, 4.69) is 26.7 Å². The first-order chi connectivity index (χ1) is 10.7. The normalized spacial score (nSPS) is 16.6. The Morgan fingerprint density at radius 3 is 2.91 bits per heavy atom. The first-order valence-electron chi connectivity index (χ1n) is 7.57.